The van der Waals surface area contributed by atoms with E-state index in [2.05, 4.69) is 20.4 Å². The number of hydrogen-bond acceptors (Lipinski definition) is 6. The molecule has 0 aliphatic carbocycles. The summed E-state index contributed by atoms with van der Waals surface area (Å²) < 4.78 is 44.8. The fourth-order valence-corrected chi connectivity index (χ4v) is 3.14. The maximum Gasteiger partial charge on any atom is 0.419 e. The summed E-state index contributed by atoms with van der Waals surface area (Å²) in [6.07, 6.45) is -1.98. The number of aromatic nitrogens is 3. The Balaban J connectivity index is 1.70. The van der Waals surface area contributed by atoms with E-state index < -0.39 is 23.7 Å². The minimum atomic E-state index is -4.50. The molecule has 7 nitrogen and oxygen atoms in total. The van der Waals surface area contributed by atoms with Crippen molar-refractivity contribution >= 4 is 11.7 Å². The number of alkyl halides is 3. The van der Waals surface area contributed by atoms with Gasteiger partial charge in [0.05, 0.1) is 11.5 Å². The minimum absolute atomic E-state index is 0.136. The minimum Gasteiger partial charge on any atom is -0.355 e. The number of piperidine rings is 1. The lowest BCUT2D eigenvalue weighted by atomic mass is 9.96. The van der Waals surface area contributed by atoms with Gasteiger partial charge in [-0.1, -0.05) is 5.16 Å². The Morgan fingerprint density at radius 1 is 1.44 bits per heavy atom. The van der Waals surface area contributed by atoms with Crippen LogP contribution in [0.4, 0.5) is 19.0 Å². The zero-order valence-electron chi connectivity index (χ0n) is 15.0. The van der Waals surface area contributed by atoms with E-state index in [9.17, 15) is 18.0 Å². The summed E-state index contributed by atoms with van der Waals surface area (Å²) >= 11 is 0. The maximum absolute atomic E-state index is 13.3. The summed E-state index contributed by atoms with van der Waals surface area (Å²) in [5.41, 5.74) is -0.791. The van der Waals surface area contributed by atoms with Gasteiger partial charge in [0.1, 0.15) is 11.9 Å². The van der Waals surface area contributed by atoms with Crippen LogP contribution in [0.1, 0.15) is 43.1 Å². The number of nitrogens with zero attached hydrogens (tertiary/aromatic N) is 4. The average molecular weight is 383 g/mol. The second-order valence-electron chi connectivity index (χ2n) is 6.57. The van der Waals surface area contributed by atoms with Crippen LogP contribution in [-0.2, 0) is 11.0 Å². The molecule has 3 rings (SSSR count). The summed E-state index contributed by atoms with van der Waals surface area (Å²) in [5, 5.41) is 6.47. The van der Waals surface area contributed by atoms with Crippen LogP contribution in [0.3, 0.4) is 0 Å². The predicted octanol–water partition coefficient (Wildman–Crippen LogP) is 2.89. The van der Waals surface area contributed by atoms with Crippen LogP contribution >= 0.6 is 0 Å². The van der Waals surface area contributed by atoms with Gasteiger partial charge in [-0.15, -0.1) is 0 Å². The van der Waals surface area contributed by atoms with E-state index in [0.29, 0.717) is 25.2 Å². The first-order valence-corrected chi connectivity index (χ1v) is 8.63. The first kappa shape index (κ1) is 19.1. The van der Waals surface area contributed by atoms with Crippen LogP contribution in [0.5, 0.6) is 0 Å². The summed E-state index contributed by atoms with van der Waals surface area (Å²) in [6.45, 7) is 3.97. The molecule has 0 bridgehead atoms. The van der Waals surface area contributed by atoms with Gasteiger partial charge in [-0.05, 0) is 38.8 Å². The number of amides is 1. The van der Waals surface area contributed by atoms with Crippen molar-refractivity contribution < 1.29 is 22.5 Å². The molecule has 1 saturated heterocycles. The normalized spacial score (nSPS) is 19.0. The Kier molecular flexibility index (Phi) is 5.33. The van der Waals surface area contributed by atoms with Gasteiger partial charge in [0.2, 0.25) is 11.8 Å². The van der Waals surface area contributed by atoms with Gasteiger partial charge in [-0.3, -0.25) is 4.79 Å². The van der Waals surface area contributed by atoms with Gasteiger partial charge in [-0.25, -0.2) is 4.98 Å². The number of carbonyl (C=O) groups excluding carboxylic acids is 1. The summed E-state index contributed by atoms with van der Waals surface area (Å²) in [6, 6.07) is 1.79. The lowest BCUT2D eigenvalue weighted by Crippen LogP contribution is -2.44. The summed E-state index contributed by atoms with van der Waals surface area (Å²) in [4.78, 5) is 22.1. The molecule has 0 aromatic carbocycles. The van der Waals surface area contributed by atoms with E-state index in [1.807, 2.05) is 0 Å². The molecule has 2 atom stereocenters. The van der Waals surface area contributed by atoms with Crippen molar-refractivity contribution in [3.05, 3.63) is 35.6 Å². The number of aryl methyl sites for hydroxylation is 1. The second kappa shape index (κ2) is 7.53. The molecule has 146 valence electrons. The number of carbonyl (C=O) groups is 1. The van der Waals surface area contributed by atoms with Crippen molar-refractivity contribution in [2.45, 2.75) is 38.9 Å². The van der Waals surface area contributed by atoms with E-state index in [-0.39, 0.29) is 24.2 Å². The molecule has 27 heavy (non-hydrogen) atoms. The third-order valence-corrected chi connectivity index (χ3v) is 4.46. The smallest absolute Gasteiger partial charge is 0.355 e. The van der Waals surface area contributed by atoms with E-state index in [4.69, 9.17) is 4.52 Å². The zero-order valence-corrected chi connectivity index (χ0v) is 15.0. The molecule has 2 aromatic heterocycles. The van der Waals surface area contributed by atoms with Crippen LogP contribution in [-0.4, -0.2) is 34.1 Å². The van der Waals surface area contributed by atoms with Crippen LogP contribution in [0, 0.1) is 12.8 Å². The lowest BCUT2D eigenvalue weighted by molar-refractivity contribution is -0.137. The Bertz CT molecular complexity index is 808. The maximum atomic E-state index is 13.3. The van der Waals surface area contributed by atoms with Crippen molar-refractivity contribution in [1.82, 2.24) is 20.4 Å². The molecule has 1 amide bonds. The lowest BCUT2D eigenvalue weighted by Gasteiger charge is -2.34. The molecule has 1 N–H and O–H groups in total. The highest BCUT2D eigenvalue weighted by atomic mass is 19.4. The van der Waals surface area contributed by atoms with Crippen LogP contribution < -0.4 is 10.2 Å². The molecule has 0 spiro atoms. The molecule has 2 unspecified atom stereocenters. The number of halogens is 3. The van der Waals surface area contributed by atoms with Gasteiger partial charge in [0.15, 0.2) is 5.82 Å². The second-order valence-corrected chi connectivity index (χ2v) is 6.57. The zero-order chi connectivity index (χ0) is 19.6. The van der Waals surface area contributed by atoms with Crippen LogP contribution in [0.2, 0.25) is 0 Å². The highest BCUT2D eigenvalue weighted by Crippen LogP contribution is 2.36. The van der Waals surface area contributed by atoms with Crippen molar-refractivity contribution in [2.24, 2.45) is 5.92 Å². The van der Waals surface area contributed by atoms with Gasteiger partial charge >= 0.3 is 6.18 Å². The fourth-order valence-electron chi connectivity index (χ4n) is 3.14. The number of pyridine rings is 1. The molecule has 1 aliphatic heterocycles. The Labute approximate surface area is 154 Å². The summed E-state index contributed by atoms with van der Waals surface area (Å²) in [5.74, 6) is -0.0914. The SMILES string of the molecule is Cc1noc(C(C)NC(=O)C2CCCN(c3ncccc3C(F)(F)F)C2)n1. The standard InChI is InChI=1S/C17H20F3N5O2/c1-10(16-23-11(2)24-27-16)22-15(26)12-5-4-8-25(9-12)14-13(17(18,19)20)6-3-7-21-14/h3,6-7,10,12H,4-5,8-9H2,1-2H3,(H,22,26). The highest BCUT2D eigenvalue weighted by Gasteiger charge is 2.37. The van der Waals surface area contributed by atoms with E-state index >= 15 is 0 Å². The quantitative estimate of drug-likeness (QED) is 0.874. The monoisotopic (exact) mass is 383 g/mol. The number of hydrogen-bond donors (Lipinski definition) is 1. The molecular weight excluding hydrogens is 363 g/mol. The molecule has 10 heteroatoms. The van der Waals surface area contributed by atoms with Gasteiger partial charge in [0.25, 0.3) is 0 Å². The number of nitrogens with one attached hydrogen (secondary N) is 1. The molecule has 1 fully saturated rings. The van der Waals surface area contributed by atoms with Gasteiger partial charge < -0.3 is 14.7 Å². The van der Waals surface area contributed by atoms with Gasteiger partial charge in [0, 0.05) is 19.3 Å². The number of rotatable bonds is 4. The third kappa shape index (κ3) is 4.37. The Hall–Kier alpha value is -2.65. The first-order valence-electron chi connectivity index (χ1n) is 8.63. The summed E-state index contributed by atoms with van der Waals surface area (Å²) in [7, 11) is 0. The molecule has 1 aliphatic rings. The van der Waals surface area contributed by atoms with Crippen LogP contribution in [0.15, 0.2) is 22.9 Å². The Morgan fingerprint density at radius 2 is 2.22 bits per heavy atom. The molecule has 0 saturated carbocycles. The van der Waals surface area contributed by atoms with E-state index in [1.165, 1.54) is 17.2 Å². The molecule has 0 radical (unpaired) electrons. The van der Waals surface area contributed by atoms with Crippen molar-refractivity contribution in [3.63, 3.8) is 0 Å². The van der Waals surface area contributed by atoms with Crippen LogP contribution in [0.25, 0.3) is 0 Å². The number of anilines is 1. The first-order chi connectivity index (χ1) is 12.8. The van der Waals surface area contributed by atoms with Crippen molar-refractivity contribution in [1.29, 1.82) is 0 Å². The largest absolute Gasteiger partial charge is 0.419 e. The molecular formula is C17H20F3N5O2. The highest BCUT2D eigenvalue weighted by molar-refractivity contribution is 5.80. The van der Waals surface area contributed by atoms with Gasteiger partial charge in [-0.2, -0.15) is 18.2 Å². The topological polar surface area (TPSA) is 84.2 Å². The predicted molar refractivity (Wildman–Crippen MR) is 89.8 cm³/mol. The third-order valence-electron chi connectivity index (χ3n) is 4.46. The average Bonchev–Trinajstić information content (AvgIpc) is 3.07. The molecule has 3 heterocycles. The van der Waals surface area contributed by atoms with E-state index in [0.717, 1.165) is 6.07 Å². The molecule has 2 aromatic rings. The Morgan fingerprint density at radius 3 is 2.89 bits per heavy atom. The fraction of sp³-hybridized carbons (Fsp3) is 0.529. The van der Waals surface area contributed by atoms with Crippen molar-refractivity contribution in [2.75, 3.05) is 18.0 Å². The van der Waals surface area contributed by atoms with Crippen molar-refractivity contribution in [3.8, 4) is 0 Å². The van der Waals surface area contributed by atoms with E-state index in [1.54, 1.807) is 13.8 Å².